The smallest absolute Gasteiger partial charge is 0.307 e. The highest BCUT2D eigenvalue weighted by molar-refractivity contribution is 5.70. The summed E-state index contributed by atoms with van der Waals surface area (Å²) in [5, 5.41) is 0. The molecule has 88 valence electrons. The lowest BCUT2D eigenvalue weighted by Gasteiger charge is -2.17. The molecule has 0 aliphatic heterocycles. The van der Waals surface area contributed by atoms with Crippen molar-refractivity contribution in [1.29, 1.82) is 0 Å². The van der Waals surface area contributed by atoms with Crippen LogP contribution in [-0.4, -0.2) is 31.2 Å². The maximum Gasteiger partial charge on any atom is 0.307 e. The lowest BCUT2D eigenvalue weighted by atomic mass is 10.3. The molecular formula is C12H18N2O2. The minimum atomic E-state index is -0.165. The lowest BCUT2D eigenvalue weighted by molar-refractivity contribution is -0.142. The molecule has 0 atom stereocenters. The molecule has 1 rings (SSSR count). The van der Waals surface area contributed by atoms with Gasteiger partial charge < -0.3 is 9.64 Å². The van der Waals surface area contributed by atoms with Gasteiger partial charge in [0.15, 0.2) is 0 Å². The van der Waals surface area contributed by atoms with Gasteiger partial charge >= 0.3 is 5.97 Å². The van der Waals surface area contributed by atoms with Crippen LogP contribution >= 0.6 is 0 Å². The number of carbonyl (C=O) groups is 1. The summed E-state index contributed by atoms with van der Waals surface area (Å²) in [4.78, 5) is 17.4. The molecule has 0 radical (unpaired) electrons. The minimum absolute atomic E-state index is 0.165. The Bertz CT molecular complexity index is 335. The molecule has 4 heteroatoms. The zero-order valence-electron chi connectivity index (χ0n) is 10.1. The monoisotopic (exact) mass is 222 g/mol. The van der Waals surface area contributed by atoms with Crippen molar-refractivity contribution < 1.29 is 9.53 Å². The summed E-state index contributed by atoms with van der Waals surface area (Å²) in [5.74, 6) is 0.705. The third-order valence-electron chi connectivity index (χ3n) is 2.24. The summed E-state index contributed by atoms with van der Waals surface area (Å²) in [6, 6.07) is 3.95. The number of hydrogen-bond donors (Lipinski definition) is 0. The van der Waals surface area contributed by atoms with Crippen LogP contribution < -0.4 is 4.90 Å². The second kappa shape index (κ2) is 6.10. The molecule has 0 bridgehead atoms. The van der Waals surface area contributed by atoms with Crippen molar-refractivity contribution in [2.75, 3.05) is 25.1 Å². The van der Waals surface area contributed by atoms with Gasteiger partial charge in [0.2, 0.25) is 0 Å². The molecule has 16 heavy (non-hydrogen) atoms. The number of hydrogen-bond acceptors (Lipinski definition) is 4. The number of ether oxygens (including phenoxy) is 1. The summed E-state index contributed by atoms with van der Waals surface area (Å²) >= 11 is 0. The maximum atomic E-state index is 11.2. The van der Waals surface area contributed by atoms with Gasteiger partial charge in [-0.15, -0.1) is 0 Å². The van der Waals surface area contributed by atoms with Crippen LogP contribution in [0.1, 0.15) is 18.9 Å². The zero-order valence-corrected chi connectivity index (χ0v) is 10.1. The van der Waals surface area contributed by atoms with E-state index in [4.69, 9.17) is 4.74 Å². The second-order valence-corrected chi connectivity index (χ2v) is 3.67. The normalized spacial score (nSPS) is 9.94. The van der Waals surface area contributed by atoms with Crippen molar-refractivity contribution in [3.63, 3.8) is 0 Å². The molecule has 0 aliphatic rings. The molecule has 0 saturated heterocycles. The average molecular weight is 222 g/mol. The SMILES string of the molecule is CCOC(=O)CCN(C)c1ccc(C)cn1. The van der Waals surface area contributed by atoms with Crippen LogP contribution in [0.3, 0.4) is 0 Å². The zero-order chi connectivity index (χ0) is 12.0. The highest BCUT2D eigenvalue weighted by Gasteiger charge is 2.06. The van der Waals surface area contributed by atoms with Crippen LogP contribution in [0.5, 0.6) is 0 Å². The minimum Gasteiger partial charge on any atom is -0.466 e. The van der Waals surface area contributed by atoms with E-state index in [0.29, 0.717) is 19.6 Å². The van der Waals surface area contributed by atoms with E-state index in [0.717, 1.165) is 11.4 Å². The summed E-state index contributed by atoms with van der Waals surface area (Å²) in [7, 11) is 1.91. The highest BCUT2D eigenvalue weighted by atomic mass is 16.5. The van der Waals surface area contributed by atoms with Crippen molar-refractivity contribution in [3.05, 3.63) is 23.9 Å². The van der Waals surface area contributed by atoms with E-state index in [-0.39, 0.29) is 5.97 Å². The van der Waals surface area contributed by atoms with Crippen molar-refractivity contribution in [2.24, 2.45) is 0 Å². The van der Waals surface area contributed by atoms with E-state index in [1.807, 2.05) is 44.1 Å². The molecule has 1 aromatic rings. The maximum absolute atomic E-state index is 11.2. The first kappa shape index (κ1) is 12.5. The number of pyridine rings is 1. The number of anilines is 1. The van der Waals surface area contributed by atoms with Gasteiger partial charge in [-0.05, 0) is 25.5 Å². The molecule has 1 aromatic heterocycles. The fourth-order valence-electron chi connectivity index (χ4n) is 1.29. The highest BCUT2D eigenvalue weighted by Crippen LogP contribution is 2.09. The largest absolute Gasteiger partial charge is 0.466 e. The van der Waals surface area contributed by atoms with Gasteiger partial charge in [-0.2, -0.15) is 0 Å². The molecule has 0 amide bonds. The van der Waals surface area contributed by atoms with Crippen molar-refractivity contribution >= 4 is 11.8 Å². The Morgan fingerprint density at radius 2 is 2.25 bits per heavy atom. The van der Waals surface area contributed by atoms with E-state index in [9.17, 15) is 4.79 Å². The molecule has 0 spiro atoms. The number of aromatic nitrogens is 1. The Kier molecular flexibility index (Phi) is 4.76. The van der Waals surface area contributed by atoms with Crippen LogP contribution in [0.25, 0.3) is 0 Å². The van der Waals surface area contributed by atoms with E-state index in [1.54, 1.807) is 0 Å². The lowest BCUT2D eigenvalue weighted by Crippen LogP contribution is -2.22. The number of esters is 1. The van der Waals surface area contributed by atoms with E-state index in [1.165, 1.54) is 0 Å². The number of nitrogens with zero attached hydrogens (tertiary/aromatic N) is 2. The Labute approximate surface area is 96.2 Å². The molecule has 1 heterocycles. The fourth-order valence-corrected chi connectivity index (χ4v) is 1.29. The van der Waals surface area contributed by atoms with Crippen LogP contribution in [0.4, 0.5) is 5.82 Å². The third-order valence-corrected chi connectivity index (χ3v) is 2.24. The number of carbonyl (C=O) groups excluding carboxylic acids is 1. The second-order valence-electron chi connectivity index (χ2n) is 3.67. The predicted octanol–water partition coefficient (Wildman–Crippen LogP) is 1.78. The molecule has 0 N–H and O–H groups in total. The Balaban J connectivity index is 2.43. The molecular weight excluding hydrogens is 204 g/mol. The third kappa shape index (κ3) is 3.88. The molecule has 0 saturated carbocycles. The van der Waals surface area contributed by atoms with Gasteiger partial charge in [0.1, 0.15) is 5.82 Å². The van der Waals surface area contributed by atoms with Gasteiger partial charge in [0.05, 0.1) is 13.0 Å². The first-order chi connectivity index (χ1) is 7.63. The molecule has 0 aliphatic carbocycles. The van der Waals surface area contributed by atoms with Crippen LogP contribution in [-0.2, 0) is 9.53 Å². The van der Waals surface area contributed by atoms with Crippen LogP contribution in [0, 0.1) is 6.92 Å². The molecule has 4 nitrogen and oxygen atoms in total. The number of rotatable bonds is 5. The van der Waals surface area contributed by atoms with Crippen molar-refractivity contribution in [2.45, 2.75) is 20.3 Å². The van der Waals surface area contributed by atoms with Crippen molar-refractivity contribution in [3.8, 4) is 0 Å². The molecule has 0 aromatic carbocycles. The molecule has 0 fully saturated rings. The Morgan fingerprint density at radius 1 is 1.50 bits per heavy atom. The van der Waals surface area contributed by atoms with Crippen LogP contribution in [0.2, 0.25) is 0 Å². The van der Waals surface area contributed by atoms with Gasteiger partial charge in [-0.1, -0.05) is 6.07 Å². The van der Waals surface area contributed by atoms with Crippen molar-refractivity contribution in [1.82, 2.24) is 4.98 Å². The van der Waals surface area contributed by atoms with Crippen LogP contribution in [0.15, 0.2) is 18.3 Å². The summed E-state index contributed by atoms with van der Waals surface area (Å²) in [6.45, 7) is 4.86. The van der Waals surface area contributed by atoms with E-state index >= 15 is 0 Å². The topological polar surface area (TPSA) is 42.4 Å². The standard InChI is InChI=1S/C12H18N2O2/c1-4-16-12(15)7-8-14(3)11-6-5-10(2)9-13-11/h5-6,9H,4,7-8H2,1-3H3. The Morgan fingerprint density at radius 3 is 2.81 bits per heavy atom. The van der Waals surface area contributed by atoms with E-state index in [2.05, 4.69) is 4.98 Å². The number of aryl methyl sites for hydroxylation is 1. The fraction of sp³-hybridized carbons (Fsp3) is 0.500. The van der Waals surface area contributed by atoms with E-state index < -0.39 is 0 Å². The first-order valence-corrected chi connectivity index (χ1v) is 5.43. The van der Waals surface area contributed by atoms with Gasteiger partial charge in [0, 0.05) is 19.8 Å². The summed E-state index contributed by atoms with van der Waals surface area (Å²) in [6.07, 6.45) is 2.20. The molecule has 0 unspecified atom stereocenters. The average Bonchev–Trinajstić information content (AvgIpc) is 2.27. The first-order valence-electron chi connectivity index (χ1n) is 5.43. The Hall–Kier alpha value is -1.58. The quantitative estimate of drug-likeness (QED) is 0.712. The summed E-state index contributed by atoms with van der Waals surface area (Å²) in [5.41, 5.74) is 1.13. The van der Waals surface area contributed by atoms with Gasteiger partial charge in [-0.25, -0.2) is 4.98 Å². The van der Waals surface area contributed by atoms with Gasteiger partial charge in [0.25, 0.3) is 0 Å². The van der Waals surface area contributed by atoms with Gasteiger partial charge in [-0.3, -0.25) is 4.79 Å². The summed E-state index contributed by atoms with van der Waals surface area (Å²) < 4.78 is 4.86. The predicted molar refractivity (Wildman–Crippen MR) is 63.5 cm³/mol.